The van der Waals surface area contributed by atoms with Gasteiger partial charge in [0.15, 0.2) is 5.17 Å². The maximum Gasteiger partial charge on any atom is 0.266 e. The average molecular weight is 519 g/mol. The van der Waals surface area contributed by atoms with Crippen LogP contribution in [0.3, 0.4) is 0 Å². The highest BCUT2D eigenvalue weighted by atomic mass is 32.2. The molecular weight excluding hydrogens is 484 g/mol. The average Bonchev–Trinajstić information content (AvgIpc) is 3.15. The second kappa shape index (κ2) is 9.91. The Bertz CT molecular complexity index is 1310. The molecule has 7 nitrogen and oxygen atoms in total. The van der Waals surface area contributed by atoms with Crippen molar-refractivity contribution in [3.05, 3.63) is 58.5 Å². The van der Waals surface area contributed by atoms with E-state index in [2.05, 4.69) is 68.0 Å². The molecule has 0 atom stereocenters. The van der Waals surface area contributed by atoms with Crippen LogP contribution < -0.4 is 14.5 Å². The number of carbonyl (C=O) groups excluding carboxylic acids is 1. The smallest absolute Gasteiger partial charge is 0.266 e. The van der Waals surface area contributed by atoms with Crippen LogP contribution in [0.2, 0.25) is 0 Å². The predicted octanol–water partition coefficient (Wildman–Crippen LogP) is 5.40. The van der Waals surface area contributed by atoms with E-state index in [-0.39, 0.29) is 11.4 Å². The molecule has 2 saturated heterocycles. The monoisotopic (exact) mass is 518 g/mol. The summed E-state index contributed by atoms with van der Waals surface area (Å²) in [5, 5.41) is 0.657. The van der Waals surface area contributed by atoms with E-state index in [4.69, 9.17) is 14.5 Å². The fourth-order valence-corrected chi connectivity index (χ4v) is 5.92. The van der Waals surface area contributed by atoms with Gasteiger partial charge in [0.2, 0.25) is 0 Å². The van der Waals surface area contributed by atoms with Gasteiger partial charge in [-0.25, -0.2) is 4.99 Å². The van der Waals surface area contributed by atoms with Crippen molar-refractivity contribution in [3.8, 4) is 5.75 Å². The first-order valence-electron chi connectivity index (χ1n) is 12.5. The van der Waals surface area contributed by atoms with Crippen molar-refractivity contribution in [3.63, 3.8) is 0 Å². The Morgan fingerprint density at radius 1 is 1.11 bits per heavy atom. The van der Waals surface area contributed by atoms with Gasteiger partial charge in [-0.15, -0.1) is 0 Å². The summed E-state index contributed by atoms with van der Waals surface area (Å²) in [7, 11) is 5.54. The van der Waals surface area contributed by atoms with Gasteiger partial charge >= 0.3 is 0 Å². The van der Waals surface area contributed by atoms with Gasteiger partial charge in [0.25, 0.3) is 5.91 Å². The summed E-state index contributed by atoms with van der Waals surface area (Å²) in [6, 6.07) is 12.3. The van der Waals surface area contributed by atoms with E-state index in [0.717, 1.165) is 60.2 Å². The van der Waals surface area contributed by atoms with Crippen LogP contribution >= 0.6 is 11.8 Å². The van der Waals surface area contributed by atoms with Gasteiger partial charge in [0.05, 0.1) is 36.5 Å². The highest BCUT2D eigenvalue weighted by Gasteiger charge is 2.32. The van der Waals surface area contributed by atoms with Crippen molar-refractivity contribution >= 4 is 51.5 Å². The summed E-state index contributed by atoms with van der Waals surface area (Å²) < 4.78 is 11.2. The third kappa shape index (κ3) is 4.88. The van der Waals surface area contributed by atoms with Gasteiger partial charge < -0.3 is 19.3 Å². The number of ether oxygens (including phenoxy) is 2. The first-order chi connectivity index (χ1) is 17.7. The molecule has 0 saturated carbocycles. The lowest BCUT2D eigenvalue weighted by Gasteiger charge is -2.41. The van der Waals surface area contributed by atoms with E-state index in [1.165, 1.54) is 17.3 Å². The van der Waals surface area contributed by atoms with Crippen LogP contribution in [0.1, 0.15) is 31.9 Å². The molecule has 0 spiro atoms. The van der Waals surface area contributed by atoms with Crippen LogP contribution in [0, 0.1) is 0 Å². The summed E-state index contributed by atoms with van der Waals surface area (Å²) in [6.07, 6.45) is 4.19. The van der Waals surface area contributed by atoms with Gasteiger partial charge in [-0.3, -0.25) is 9.69 Å². The highest BCUT2D eigenvalue weighted by molar-refractivity contribution is 8.18. The molecule has 0 unspecified atom stereocenters. The van der Waals surface area contributed by atoms with Crippen LogP contribution in [-0.4, -0.2) is 69.0 Å². The first-order valence-corrected chi connectivity index (χ1v) is 13.3. The minimum atomic E-state index is -0.0895. The number of nitrogens with zero attached hydrogens (tertiary/aromatic N) is 4. The maximum atomic E-state index is 13.1. The molecule has 1 amide bonds. The number of methoxy groups -OCH3 is 1. The molecule has 2 aromatic rings. The summed E-state index contributed by atoms with van der Waals surface area (Å²) in [5.74, 6) is 0.669. The number of anilines is 2. The molecule has 5 rings (SSSR count). The summed E-state index contributed by atoms with van der Waals surface area (Å²) >= 11 is 1.39. The van der Waals surface area contributed by atoms with Gasteiger partial charge in [0, 0.05) is 55.8 Å². The number of fused-ring (bicyclic) bond motifs is 1. The fraction of sp³-hybridized carbons (Fsp3) is 0.379. The van der Waals surface area contributed by atoms with Crippen molar-refractivity contribution in [2.45, 2.75) is 26.3 Å². The zero-order chi connectivity index (χ0) is 26.3. The number of hydrogen-bond acceptors (Lipinski definition) is 7. The molecule has 0 bridgehead atoms. The van der Waals surface area contributed by atoms with E-state index in [1.54, 1.807) is 19.1 Å². The fourth-order valence-electron chi connectivity index (χ4n) is 4.95. The molecule has 37 heavy (non-hydrogen) atoms. The van der Waals surface area contributed by atoms with E-state index in [0.29, 0.717) is 10.1 Å². The molecule has 2 aromatic carbocycles. The Kier molecular flexibility index (Phi) is 6.81. The van der Waals surface area contributed by atoms with Crippen LogP contribution in [0.4, 0.5) is 17.1 Å². The lowest BCUT2D eigenvalue weighted by molar-refractivity contribution is -0.121. The quantitative estimate of drug-likeness (QED) is 0.506. The van der Waals surface area contributed by atoms with Crippen molar-refractivity contribution < 1.29 is 14.3 Å². The molecule has 3 aliphatic heterocycles. The number of morpholine rings is 1. The number of benzene rings is 2. The summed E-state index contributed by atoms with van der Waals surface area (Å²) in [5.41, 5.74) is 6.25. The molecule has 0 aliphatic carbocycles. The molecular formula is C29H34N4O3S. The molecule has 8 heteroatoms. The van der Waals surface area contributed by atoms with E-state index in [9.17, 15) is 4.79 Å². The van der Waals surface area contributed by atoms with Crippen molar-refractivity contribution in [2.75, 3.05) is 57.3 Å². The lowest BCUT2D eigenvalue weighted by Crippen LogP contribution is -2.42. The van der Waals surface area contributed by atoms with Crippen molar-refractivity contribution in [1.82, 2.24) is 4.90 Å². The second-order valence-electron chi connectivity index (χ2n) is 10.1. The van der Waals surface area contributed by atoms with Crippen LogP contribution in [0.25, 0.3) is 11.6 Å². The Morgan fingerprint density at radius 2 is 1.81 bits per heavy atom. The topological polar surface area (TPSA) is 57.6 Å². The number of hydrogen-bond donors (Lipinski definition) is 0. The van der Waals surface area contributed by atoms with Crippen molar-refractivity contribution in [1.29, 1.82) is 0 Å². The molecule has 0 radical (unpaired) electrons. The molecule has 3 heterocycles. The highest BCUT2D eigenvalue weighted by Crippen LogP contribution is 2.43. The molecule has 0 aromatic heterocycles. The van der Waals surface area contributed by atoms with E-state index < -0.39 is 0 Å². The number of amides is 1. The zero-order valence-corrected chi connectivity index (χ0v) is 23.2. The van der Waals surface area contributed by atoms with Crippen LogP contribution in [0.5, 0.6) is 5.75 Å². The van der Waals surface area contributed by atoms with Crippen LogP contribution in [-0.2, 0) is 9.53 Å². The molecule has 3 aliphatic rings. The number of aliphatic imine (C=N–C) groups is 1. The third-order valence-electron chi connectivity index (χ3n) is 7.31. The summed E-state index contributed by atoms with van der Waals surface area (Å²) in [4.78, 5) is 24.7. The summed E-state index contributed by atoms with van der Waals surface area (Å²) in [6.45, 7) is 9.82. The van der Waals surface area contributed by atoms with Gasteiger partial charge in [0.1, 0.15) is 5.75 Å². The van der Waals surface area contributed by atoms with Crippen LogP contribution in [0.15, 0.2) is 52.4 Å². The largest absolute Gasteiger partial charge is 0.496 e. The number of amidine groups is 1. The molecule has 2 fully saturated rings. The number of likely N-dealkylation sites (N-methyl/N-ethyl adjacent to an activating group) is 2. The number of carbonyl (C=O) groups is 1. The SMILES string of the molecule is COc1cc2c(cc1/C=C1/SC(=Nc3ccc(N4CCOCC4)cc3)N(C)C1=O)C(C)=CC(C)(C)N2C. The second-order valence-corrected chi connectivity index (χ2v) is 11.1. The predicted molar refractivity (Wildman–Crippen MR) is 154 cm³/mol. The number of thioether (sulfide) groups is 1. The zero-order valence-electron chi connectivity index (χ0n) is 22.4. The van der Waals surface area contributed by atoms with Gasteiger partial charge in [-0.1, -0.05) is 6.08 Å². The first kappa shape index (κ1) is 25.4. The Balaban J connectivity index is 1.42. The minimum absolute atomic E-state index is 0.0704. The van der Waals surface area contributed by atoms with Gasteiger partial charge in [-0.05, 0) is 74.5 Å². The van der Waals surface area contributed by atoms with E-state index >= 15 is 0 Å². The van der Waals surface area contributed by atoms with Crippen molar-refractivity contribution in [2.24, 2.45) is 4.99 Å². The Hall–Kier alpha value is -3.23. The molecule has 0 N–H and O–H groups in total. The number of rotatable bonds is 4. The van der Waals surface area contributed by atoms with Gasteiger partial charge in [-0.2, -0.15) is 0 Å². The molecule has 194 valence electrons. The minimum Gasteiger partial charge on any atom is -0.496 e. The Morgan fingerprint density at radius 3 is 2.49 bits per heavy atom. The van der Waals surface area contributed by atoms with E-state index in [1.807, 2.05) is 18.2 Å². The third-order valence-corrected chi connectivity index (χ3v) is 8.37. The Labute approximate surface area is 223 Å². The maximum absolute atomic E-state index is 13.1. The standard InChI is InChI=1S/C29H34N4O3S/c1-19-18-29(2,3)32(5)24-17-25(35-6)20(15-23(19)24)16-26-27(34)31(4)28(37-26)30-21-7-9-22(10-8-21)33-11-13-36-14-12-33/h7-10,15-18H,11-14H2,1-6H3/b26-16+,30-28?. The normalized spacial score (nSPS) is 21.5. The number of allylic oxidation sites excluding steroid dienone is 1. The lowest BCUT2D eigenvalue weighted by atomic mass is 9.88.